The predicted octanol–water partition coefficient (Wildman–Crippen LogP) is 3.55. The van der Waals surface area contributed by atoms with E-state index in [9.17, 15) is 39.4 Å². The Morgan fingerprint density at radius 3 is 1.55 bits per heavy atom. The van der Waals surface area contributed by atoms with Crippen molar-refractivity contribution in [2.24, 2.45) is 29.6 Å². The van der Waals surface area contributed by atoms with Gasteiger partial charge in [0.25, 0.3) is 11.4 Å². The molecule has 2 bridgehead atoms. The quantitative estimate of drug-likeness (QED) is 0.197. The fourth-order valence-electron chi connectivity index (χ4n) is 7.48. The molecule has 2 heterocycles. The van der Waals surface area contributed by atoms with Gasteiger partial charge in [-0.2, -0.15) is 0 Å². The Morgan fingerprint density at radius 2 is 1.10 bits per heavy atom. The summed E-state index contributed by atoms with van der Waals surface area (Å²) in [6.45, 7) is 0. The Hall–Kier alpha value is -5.52. The van der Waals surface area contributed by atoms with Gasteiger partial charge >= 0.3 is 0 Å². The third-order valence-corrected chi connectivity index (χ3v) is 9.03. The van der Waals surface area contributed by atoms with Gasteiger partial charge in [-0.15, -0.1) is 0 Å². The minimum atomic E-state index is -1.39. The first-order chi connectivity index (χ1) is 20.2. The van der Waals surface area contributed by atoms with E-state index in [4.69, 9.17) is 0 Å². The van der Waals surface area contributed by atoms with Crippen molar-refractivity contribution in [3.05, 3.63) is 117 Å². The van der Waals surface area contributed by atoms with Crippen LogP contribution in [0.1, 0.15) is 5.56 Å². The van der Waals surface area contributed by atoms with Crippen LogP contribution in [-0.2, 0) is 24.6 Å². The monoisotopic (exact) mass is 564 g/mol. The summed E-state index contributed by atoms with van der Waals surface area (Å²) in [6, 6.07) is 19.2. The molecule has 8 rings (SSSR count). The number of anilines is 2. The van der Waals surface area contributed by atoms with Gasteiger partial charge < -0.3 is 0 Å². The average molecular weight is 565 g/mol. The first-order valence-electron chi connectivity index (χ1n) is 13.2. The van der Waals surface area contributed by atoms with E-state index in [1.807, 2.05) is 0 Å². The van der Waals surface area contributed by atoms with Gasteiger partial charge in [0.15, 0.2) is 0 Å². The number of rotatable bonds is 5. The molecule has 0 aromatic heterocycles. The number of amides is 4. The molecule has 1 saturated carbocycles. The molecule has 3 aromatic rings. The number of nitro groups is 2. The summed E-state index contributed by atoms with van der Waals surface area (Å²) in [5.41, 5.74) is -1.34. The van der Waals surface area contributed by atoms with Gasteiger partial charge in [0.1, 0.15) is 0 Å². The number of hydrogen-bond donors (Lipinski definition) is 0. The molecule has 0 radical (unpaired) electrons. The fourth-order valence-corrected chi connectivity index (χ4v) is 7.48. The van der Waals surface area contributed by atoms with E-state index in [1.54, 1.807) is 42.5 Å². The second-order valence-corrected chi connectivity index (χ2v) is 10.8. The molecule has 2 saturated heterocycles. The Bertz CT molecular complexity index is 1680. The molecule has 5 aliphatic rings. The lowest BCUT2D eigenvalue weighted by molar-refractivity contribution is -0.385. The zero-order valence-corrected chi connectivity index (χ0v) is 21.6. The molecule has 0 unspecified atom stereocenters. The topological polar surface area (TPSA) is 161 Å². The van der Waals surface area contributed by atoms with Crippen LogP contribution in [0.3, 0.4) is 0 Å². The first-order valence-corrected chi connectivity index (χ1v) is 13.2. The van der Waals surface area contributed by atoms with Gasteiger partial charge in [-0.05, 0) is 17.7 Å². The van der Waals surface area contributed by atoms with E-state index in [0.29, 0.717) is 5.56 Å². The molecule has 2 aliphatic heterocycles. The van der Waals surface area contributed by atoms with Crippen molar-refractivity contribution in [2.45, 2.75) is 5.41 Å². The predicted molar refractivity (Wildman–Crippen MR) is 146 cm³/mol. The van der Waals surface area contributed by atoms with Gasteiger partial charge in [-0.1, -0.05) is 54.6 Å². The van der Waals surface area contributed by atoms with E-state index < -0.39 is 68.5 Å². The Balaban J connectivity index is 1.40. The Kier molecular flexibility index (Phi) is 5.29. The summed E-state index contributed by atoms with van der Waals surface area (Å²) in [5, 5.41) is 22.9. The smallest absolute Gasteiger partial charge is 0.271 e. The Labute approximate surface area is 237 Å². The largest absolute Gasteiger partial charge is 0.274 e. The maximum Gasteiger partial charge on any atom is 0.271 e. The van der Waals surface area contributed by atoms with Crippen LogP contribution in [0.15, 0.2) is 91.0 Å². The van der Waals surface area contributed by atoms with Crippen LogP contribution in [0.25, 0.3) is 0 Å². The van der Waals surface area contributed by atoms with E-state index in [0.717, 1.165) is 21.9 Å². The van der Waals surface area contributed by atoms with Crippen molar-refractivity contribution < 1.29 is 29.0 Å². The minimum Gasteiger partial charge on any atom is -0.274 e. The summed E-state index contributed by atoms with van der Waals surface area (Å²) >= 11 is 0. The van der Waals surface area contributed by atoms with Crippen LogP contribution >= 0.6 is 0 Å². The lowest BCUT2D eigenvalue weighted by Crippen LogP contribution is -2.60. The van der Waals surface area contributed by atoms with Gasteiger partial charge in [-0.25, -0.2) is 9.80 Å². The van der Waals surface area contributed by atoms with Crippen LogP contribution in [0, 0.1) is 49.8 Å². The lowest BCUT2D eigenvalue weighted by Gasteiger charge is -2.53. The molecule has 3 aromatic carbocycles. The zero-order chi connectivity index (χ0) is 29.5. The van der Waals surface area contributed by atoms with E-state index in [1.165, 1.54) is 36.4 Å². The molecule has 42 heavy (non-hydrogen) atoms. The maximum atomic E-state index is 14.3. The average Bonchev–Trinajstić information content (AvgIpc) is 3.44. The highest BCUT2D eigenvalue weighted by Gasteiger charge is 2.75. The molecule has 12 nitrogen and oxygen atoms in total. The molecule has 4 amide bonds. The number of hydrogen-bond acceptors (Lipinski definition) is 8. The highest BCUT2D eigenvalue weighted by atomic mass is 16.6. The van der Waals surface area contributed by atoms with Crippen molar-refractivity contribution in [3.8, 4) is 0 Å². The van der Waals surface area contributed by atoms with Crippen molar-refractivity contribution in [1.29, 1.82) is 0 Å². The number of imide groups is 2. The van der Waals surface area contributed by atoms with Gasteiger partial charge in [0.05, 0.1) is 44.9 Å². The number of carbonyl (C=O) groups is 4. The van der Waals surface area contributed by atoms with Gasteiger partial charge in [-0.3, -0.25) is 39.4 Å². The molecule has 0 spiro atoms. The second-order valence-electron chi connectivity index (χ2n) is 10.8. The van der Waals surface area contributed by atoms with E-state index in [-0.39, 0.29) is 22.7 Å². The second kappa shape index (κ2) is 8.74. The van der Waals surface area contributed by atoms with E-state index >= 15 is 0 Å². The van der Waals surface area contributed by atoms with Crippen LogP contribution in [0.4, 0.5) is 22.7 Å². The first kappa shape index (κ1) is 25.4. The molecule has 3 fully saturated rings. The van der Waals surface area contributed by atoms with Gasteiger partial charge in [0.2, 0.25) is 23.6 Å². The molecule has 208 valence electrons. The van der Waals surface area contributed by atoms with Crippen LogP contribution in [0.5, 0.6) is 0 Å². The van der Waals surface area contributed by atoms with Crippen LogP contribution in [-0.4, -0.2) is 33.5 Å². The zero-order valence-electron chi connectivity index (χ0n) is 21.6. The lowest BCUT2D eigenvalue weighted by atomic mass is 9.45. The number of benzene rings is 3. The van der Waals surface area contributed by atoms with Crippen molar-refractivity contribution >= 4 is 46.4 Å². The summed E-state index contributed by atoms with van der Waals surface area (Å²) in [5.74, 6) is -7.40. The summed E-state index contributed by atoms with van der Waals surface area (Å²) in [4.78, 5) is 80.1. The van der Waals surface area contributed by atoms with Crippen molar-refractivity contribution in [1.82, 2.24) is 0 Å². The minimum absolute atomic E-state index is 0.0391. The summed E-state index contributed by atoms with van der Waals surface area (Å²) < 4.78 is 0. The number of nitrogens with zero attached hydrogens (tertiary/aromatic N) is 4. The maximum absolute atomic E-state index is 14.3. The molecule has 0 N–H and O–H groups in total. The van der Waals surface area contributed by atoms with Crippen molar-refractivity contribution in [2.75, 3.05) is 9.80 Å². The van der Waals surface area contributed by atoms with Crippen LogP contribution in [0.2, 0.25) is 0 Å². The normalized spacial score (nSPS) is 29.2. The number of allylic oxidation sites excluding steroid dienone is 2. The highest BCUT2D eigenvalue weighted by molar-refractivity contribution is 6.27. The summed E-state index contributed by atoms with van der Waals surface area (Å²) in [6.07, 6.45) is 3.47. The molecular weight excluding hydrogens is 544 g/mol. The highest BCUT2D eigenvalue weighted by Crippen LogP contribution is 2.65. The van der Waals surface area contributed by atoms with Crippen LogP contribution < -0.4 is 9.80 Å². The van der Waals surface area contributed by atoms with Crippen molar-refractivity contribution in [3.63, 3.8) is 0 Å². The van der Waals surface area contributed by atoms with Gasteiger partial charge in [0, 0.05) is 35.6 Å². The molecule has 3 aliphatic carbocycles. The fraction of sp³-hybridized carbons (Fsp3) is 0.200. The standard InChI is InChI=1S/C30H20N4O8/c35-26-22-21-12-13-30(16-6-2-1-3-7-16,24(22)28(37)31(26)17-8-4-10-19(14-17)33(39)40)25-23(21)27(36)32(29(25)38)18-9-5-11-20(15-18)34(41)42/h1-15,21-25H/t21?,22-,23-,24+,25+,30?/m1/s1. The third-order valence-electron chi connectivity index (χ3n) is 9.03. The molecule has 12 heteroatoms. The third kappa shape index (κ3) is 3.17. The molecule has 4 atom stereocenters. The SMILES string of the molecule is O=C1[C@@H]2C3C=CC(c4ccccc4)([C@@H]2C(=O)N1c1cccc([N+](=O)[O-])c1)[C@@H]1C(=O)N(c2cccc([N+](=O)[O-])c2)C(=O)[C@H]31. The Morgan fingerprint density at radius 1 is 0.619 bits per heavy atom. The number of carbonyl (C=O) groups excluding carboxylic acids is 4. The number of nitro benzene ring substituents is 2. The summed E-state index contributed by atoms with van der Waals surface area (Å²) in [7, 11) is 0. The van der Waals surface area contributed by atoms with E-state index in [2.05, 4.69) is 0 Å². The number of non-ortho nitro benzene ring substituents is 2. The molecular formula is C30H20N4O8.